The van der Waals surface area contributed by atoms with Gasteiger partial charge in [-0.3, -0.25) is 5.32 Å². The molecule has 0 fully saturated rings. The van der Waals surface area contributed by atoms with Crippen LogP contribution in [-0.4, -0.2) is 32.1 Å². The Labute approximate surface area is 102 Å². The van der Waals surface area contributed by atoms with Crippen LogP contribution < -0.4 is 5.32 Å². The minimum Gasteiger partial charge on any atom is -0.308 e. The molecule has 0 saturated heterocycles. The molecule has 1 aromatic carbocycles. The Bertz CT molecular complexity index is 410. The number of benzene rings is 1. The lowest BCUT2D eigenvalue weighted by Gasteiger charge is -2.15. The van der Waals surface area contributed by atoms with Crippen molar-refractivity contribution in [3.05, 3.63) is 35.1 Å². The van der Waals surface area contributed by atoms with Gasteiger partial charge in [-0.2, -0.15) is 5.26 Å². The Kier molecular flexibility index (Phi) is 5.08. The second-order valence-corrected chi connectivity index (χ2v) is 4.34. The lowest BCUT2D eigenvalue weighted by Crippen LogP contribution is -2.29. The molecule has 0 aromatic heterocycles. The first-order valence-electron chi connectivity index (χ1n) is 5.58. The number of likely N-dealkylation sites (N-methyl/N-ethyl adjacent to an activating group) is 1. The molecule has 1 unspecified atom stereocenters. The summed E-state index contributed by atoms with van der Waals surface area (Å²) >= 11 is 0. The molecule has 1 atom stereocenters. The van der Waals surface area contributed by atoms with Crippen molar-refractivity contribution in [2.24, 2.45) is 0 Å². The molecule has 0 aliphatic carbocycles. The maximum atomic E-state index is 13.6. The molecule has 0 bridgehead atoms. The first-order chi connectivity index (χ1) is 8.04. The predicted molar refractivity (Wildman–Crippen MR) is 66.0 cm³/mol. The molecule has 0 saturated carbocycles. The highest BCUT2D eigenvalue weighted by Crippen LogP contribution is 2.17. The summed E-state index contributed by atoms with van der Waals surface area (Å²) in [6, 6.07) is 6.32. The van der Waals surface area contributed by atoms with Crippen LogP contribution in [0.1, 0.15) is 17.2 Å². The van der Waals surface area contributed by atoms with Crippen molar-refractivity contribution in [3.8, 4) is 6.07 Å². The van der Waals surface area contributed by atoms with Crippen LogP contribution in [0.3, 0.4) is 0 Å². The lowest BCUT2D eigenvalue weighted by molar-refractivity contribution is 0.393. The van der Waals surface area contributed by atoms with Crippen molar-refractivity contribution in [1.29, 1.82) is 5.26 Å². The highest BCUT2D eigenvalue weighted by atomic mass is 19.1. The minimum atomic E-state index is -0.588. The van der Waals surface area contributed by atoms with E-state index in [1.807, 2.05) is 25.9 Å². The van der Waals surface area contributed by atoms with E-state index >= 15 is 0 Å². The van der Waals surface area contributed by atoms with E-state index in [9.17, 15) is 4.39 Å². The summed E-state index contributed by atoms with van der Waals surface area (Å²) in [6.45, 7) is 3.35. The van der Waals surface area contributed by atoms with E-state index in [0.717, 1.165) is 12.1 Å². The van der Waals surface area contributed by atoms with E-state index < -0.39 is 6.04 Å². The van der Waals surface area contributed by atoms with Crippen molar-refractivity contribution >= 4 is 0 Å². The SMILES string of the molecule is Cc1ccc(F)c(C(C#N)NCCN(C)C)c1. The normalized spacial score (nSPS) is 12.5. The largest absolute Gasteiger partial charge is 0.308 e. The van der Waals surface area contributed by atoms with E-state index in [0.29, 0.717) is 12.1 Å². The molecule has 92 valence electrons. The summed E-state index contributed by atoms with van der Waals surface area (Å²) in [5, 5.41) is 12.1. The van der Waals surface area contributed by atoms with Gasteiger partial charge in [0.05, 0.1) is 6.07 Å². The number of aryl methyl sites for hydroxylation is 1. The number of halogens is 1. The van der Waals surface area contributed by atoms with Gasteiger partial charge >= 0.3 is 0 Å². The van der Waals surface area contributed by atoms with E-state index in [4.69, 9.17) is 5.26 Å². The van der Waals surface area contributed by atoms with Crippen LogP contribution in [0.15, 0.2) is 18.2 Å². The summed E-state index contributed by atoms with van der Waals surface area (Å²) in [7, 11) is 3.91. The summed E-state index contributed by atoms with van der Waals surface area (Å²) in [5.41, 5.74) is 1.38. The fourth-order valence-corrected chi connectivity index (χ4v) is 1.54. The maximum absolute atomic E-state index is 13.6. The number of nitrogens with zero attached hydrogens (tertiary/aromatic N) is 2. The minimum absolute atomic E-state index is 0.334. The molecule has 0 heterocycles. The van der Waals surface area contributed by atoms with Crippen LogP contribution in [0.4, 0.5) is 4.39 Å². The zero-order valence-corrected chi connectivity index (χ0v) is 10.5. The van der Waals surface area contributed by atoms with Gasteiger partial charge in [0, 0.05) is 18.7 Å². The fourth-order valence-electron chi connectivity index (χ4n) is 1.54. The van der Waals surface area contributed by atoms with Gasteiger partial charge in [0.15, 0.2) is 0 Å². The van der Waals surface area contributed by atoms with Crippen LogP contribution in [0.2, 0.25) is 0 Å². The standard InChI is InChI=1S/C13H18FN3/c1-10-4-5-12(14)11(8-10)13(9-15)16-6-7-17(2)3/h4-5,8,13,16H,6-7H2,1-3H3. The Morgan fingerprint density at radius 3 is 2.76 bits per heavy atom. The number of rotatable bonds is 5. The van der Waals surface area contributed by atoms with Gasteiger partial charge in [-0.05, 0) is 27.1 Å². The predicted octanol–water partition coefficient (Wildman–Crippen LogP) is 1.85. The average molecular weight is 235 g/mol. The van der Waals surface area contributed by atoms with Crippen LogP contribution in [0, 0.1) is 24.1 Å². The Morgan fingerprint density at radius 1 is 1.47 bits per heavy atom. The quantitative estimate of drug-likeness (QED) is 0.846. The zero-order valence-electron chi connectivity index (χ0n) is 10.5. The lowest BCUT2D eigenvalue weighted by atomic mass is 10.0. The molecule has 1 rings (SSSR count). The van der Waals surface area contributed by atoms with Crippen LogP contribution in [0.5, 0.6) is 0 Å². The first-order valence-corrected chi connectivity index (χ1v) is 5.58. The molecule has 1 N–H and O–H groups in total. The van der Waals surface area contributed by atoms with Crippen LogP contribution in [0.25, 0.3) is 0 Å². The molecule has 1 aromatic rings. The highest BCUT2D eigenvalue weighted by molar-refractivity contribution is 5.30. The molecule has 0 amide bonds. The maximum Gasteiger partial charge on any atom is 0.129 e. The molecular formula is C13H18FN3. The van der Waals surface area contributed by atoms with Gasteiger partial charge in [-0.15, -0.1) is 0 Å². The number of hydrogen-bond donors (Lipinski definition) is 1. The molecule has 17 heavy (non-hydrogen) atoms. The average Bonchev–Trinajstić information content (AvgIpc) is 2.28. The topological polar surface area (TPSA) is 39.1 Å². The third-order valence-electron chi connectivity index (χ3n) is 2.50. The fraction of sp³-hybridized carbons (Fsp3) is 0.462. The van der Waals surface area contributed by atoms with Crippen LogP contribution in [-0.2, 0) is 0 Å². The third-order valence-corrected chi connectivity index (χ3v) is 2.50. The molecule has 3 nitrogen and oxygen atoms in total. The molecule has 0 aliphatic rings. The van der Waals surface area contributed by atoms with Crippen molar-refractivity contribution < 1.29 is 4.39 Å². The number of hydrogen-bond acceptors (Lipinski definition) is 3. The summed E-state index contributed by atoms with van der Waals surface area (Å²) in [4.78, 5) is 2.01. The van der Waals surface area contributed by atoms with E-state index in [1.165, 1.54) is 6.07 Å². The first kappa shape index (κ1) is 13.6. The van der Waals surface area contributed by atoms with Gasteiger partial charge in [-0.25, -0.2) is 4.39 Å². The number of nitriles is 1. The second kappa shape index (κ2) is 6.33. The molecule has 0 aliphatic heterocycles. The Morgan fingerprint density at radius 2 is 2.18 bits per heavy atom. The van der Waals surface area contributed by atoms with Crippen molar-refractivity contribution in [3.63, 3.8) is 0 Å². The molecule has 4 heteroatoms. The Hall–Kier alpha value is -1.44. The molecule has 0 radical (unpaired) electrons. The Balaban J connectivity index is 2.73. The summed E-state index contributed by atoms with van der Waals surface area (Å²) < 4.78 is 13.6. The summed E-state index contributed by atoms with van der Waals surface area (Å²) in [5.74, 6) is -0.334. The van der Waals surface area contributed by atoms with Crippen molar-refractivity contribution in [2.45, 2.75) is 13.0 Å². The van der Waals surface area contributed by atoms with E-state index in [-0.39, 0.29) is 5.82 Å². The molecule has 0 spiro atoms. The summed E-state index contributed by atoms with van der Waals surface area (Å²) in [6.07, 6.45) is 0. The molecular weight excluding hydrogens is 217 g/mol. The zero-order chi connectivity index (χ0) is 12.8. The van der Waals surface area contributed by atoms with Crippen molar-refractivity contribution in [2.75, 3.05) is 27.2 Å². The monoisotopic (exact) mass is 235 g/mol. The van der Waals surface area contributed by atoms with Gasteiger partial charge in [-0.1, -0.05) is 17.7 Å². The van der Waals surface area contributed by atoms with Gasteiger partial charge in [0.25, 0.3) is 0 Å². The van der Waals surface area contributed by atoms with Crippen LogP contribution >= 0.6 is 0 Å². The number of nitrogens with one attached hydrogen (secondary N) is 1. The second-order valence-electron chi connectivity index (χ2n) is 4.34. The van der Waals surface area contributed by atoms with Gasteiger partial charge in [0.1, 0.15) is 11.9 Å². The van der Waals surface area contributed by atoms with Gasteiger partial charge in [0.2, 0.25) is 0 Å². The highest BCUT2D eigenvalue weighted by Gasteiger charge is 2.14. The van der Waals surface area contributed by atoms with E-state index in [2.05, 4.69) is 11.4 Å². The smallest absolute Gasteiger partial charge is 0.129 e. The van der Waals surface area contributed by atoms with Crippen molar-refractivity contribution in [1.82, 2.24) is 10.2 Å². The van der Waals surface area contributed by atoms with E-state index in [1.54, 1.807) is 12.1 Å². The third kappa shape index (κ3) is 4.14. The van der Waals surface area contributed by atoms with Gasteiger partial charge < -0.3 is 4.90 Å².